The van der Waals surface area contributed by atoms with Crippen LogP contribution in [0.25, 0.3) is 0 Å². The Balaban J connectivity index is 1.62. The van der Waals surface area contributed by atoms with Gasteiger partial charge in [0, 0.05) is 11.5 Å². The quantitative estimate of drug-likeness (QED) is 0.378. The number of hydrogen-bond donors (Lipinski definition) is 4. The van der Waals surface area contributed by atoms with Crippen molar-refractivity contribution >= 4 is 35.6 Å². The fourth-order valence-corrected chi connectivity index (χ4v) is 3.46. The van der Waals surface area contributed by atoms with Gasteiger partial charge in [0.2, 0.25) is 11.8 Å². The third-order valence-corrected chi connectivity index (χ3v) is 5.19. The van der Waals surface area contributed by atoms with Crippen LogP contribution in [-0.2, 0) is 31.5 Å². The fraction of sp³-hybridized carbons (Fsp3) is 0.273. The summed E-state index contributed by atoms with van der Waals surface area (Å²) in [5.74, 6) is -1.62. The molecule has 0 saturated heterocycles. The molecule has 0 aliphatic heterocycles. The molecule has 2 rings (SSSR count). The predicted molar refractivity (Wildman–Crippen MR) is 120 cm³/mol. The van der Waals surface area contributed by atoms with Crippen LogP contribution < -0.4 is 16.0 Å². The van der Waals surface area contributed by atoms with Crippen molar-refractivity contribution in [3.8, 4) is 0 Å². The summed E-state index contributed by atoms with van der Waals surface area (Å²) in [6, 6.07) is 17.5. The van der Waals surface area contributed by atoms with Gasteiger partial charge in [-0.3, -0.25) is 9.59 Å². The number of thioether (sulfide) groups is 1. The van der Waals surface area contributed by atoms with Gasteiger partial charge in [-0.15, -0.1) is 0 Å². The fourth-order valence-electron chi connectivity index (χ4n) is 2.46. The number of alkyl carbamates (subject to hydrolysis) is 1. The predicted octanol–water partition coefficient (Wildman–Crippen LogP) is 1.53. The number of rotatable bonds is 12. The Morgan fingerprint density at radius 1 is 0.844 bits per heavy atom. The van der Waals surface area contributed by atoms with Crippen molar-refractivity contribution in [3.05, 3.63) is 71.8 Å². The first-order valence-electron chi connectivity index (χ1n) is 9.79. The molecule has 0 aliphatic carbocycles. The van der Waals surface area contributed by atoms with E-state index >= 15 is 0 Å². The van der Waals surface area contributed by atoms with Crippen molar-refractivity contribution in [1.29, 1.82) is 0 Å². The number of aliphatic carboxylic acids is 1. The van der Waals surface area contributed by atoms with Gasteiger partial charge in [0.25, 0.3) is 0 Å². The van der Waals surface area contributed by atoms with Gasteiger partial charge in [-0.1, -0.05) is 60.7 Å². The molecule has 10 heteroatoms. The van der Waals surface area contributed by atoms with Crippen LogP contribution in [-0.4, -0.2) is 53.9 Å². The third-order valence-electron chi connectivity index (χ3n) is 4.08. The molecule has 0 saturated carbocycles. The average Bonchev–Trinajstić information content (AvgIpc) is 2.80. The SMILES string of the molecule is O=C(CNC(=O)OCc1ccccc1)NCC(=O)N[C@@H](CSCc1ccccc1)C(=O)O. The molecule has 0 spiro atoms. The maximum Gasteiger partial charge on any atom is 0.407 e. The third kappa shape index (κ3) is 9.98. The summed E-state index contributed by atoms with van der Waals surface area (Å²) in [6.07, 6.45) is -0.769. The number of carbonyl (C=O) groups excluding carboxylic acids is 3. The minimum atomic E-state index is -1.16. The van der Waals surface area contributed by atoms with Crippen LogP contribution in [0.3, 0.4) is 0 Å². The summed E-state index contributed by atoms with van der Waals surface area (Å²) in [5, 5.41) is 16.3. The minimum Gasteiger partial charge on any atom is -0.480 e. The molecule has 0 unspecified atom stereocenters. The normalized spacial score (nSPS) is 11.1. The highest BCUT2D eigenvalue weighted by molar-refractivity contribution is 7.98. The monoisotopic (exact) mass is 459 g/mol. The molecule has 0 heterocycles. The zero-order chi connectivity index (χ0) is 23.2. The van der Waals surface area contributed by atoms with Gasteiger partial charge in [-0.25, -0.2) is 9.59 Å². The van der Waals surface area contributed by atoms with Crippen molar-refractivity contribution < 1.29 is 29.0 Å². The highest BCUT2D eigenvalue weighted by Crippen LogP contribution is 2.13. The summed E-state index contributed by atoms with van der Waals surface area (Å²) in [7, 11) is 0. The number of carboxylic acid groups (broad SMARTS) is 1. The zero-order valence-corrected chi connectivity index (χ0v) is 18.1. The van der Waals surface area contributed by atoms with Crippen LogP contribution in [0.15, 0.2) is 60.7 Å². The topological polar surface area (TPSA) is 134 Å². The Hall–Kier alpha value is -3.53. The van der Waals surface area contributed by atoms with Crippen LogP contribution in [0, 0.1) is 0 Å². The molecule has 2 aromatic carbocycles. The van der Waals surface area contributed by atoms with Gasteiger partial charge in [-0.2, -0.15) is 11.8 Å². The van der Waals surface area contributed by atoms with E-state index in [1.54, 1.807) is 12.1 Å². The summed E-state index contributed by atoms with van der Waals surface area (Å²) in [6.45, 7) is -0.724. The van der Waals surface area contributed by atoms with Crippen molar-refractivity contribution in [2.24, 2.45) is 0 Å². The highest BCUT2D eigenvalue weighted by Gasteiger charge is 2.20. The van der Waals surface area contributed by atoms with Gasteiger partial charge in [0.15, 0.2) is 0 Å². The Labute approximate surface area is 189 Å². The van der Waals surface area contributed by atoms with Crippen molar-refractivity contribution in [2.75, 3.05) is 18.8 Å². The number of carbonyl (C=O) groups is 4. The standard InChI is InChI=1S/C22H25N3O6S/c26-19(11-24-22(30)31-13-16-7-3-1-4-8-16)23-12-20(27)25-18(21(28)29)15-32-14-17-9-5-2-6-10-17/h1-10,18H,11-15H2,(H,23,26)(H,24,30)(H,25,27)(H,28,29)/t18-/m0/s1. The number of nitrogens with one attached hydrogen (secondary N) is 3. The van der Waals surface area contributed by atoms with E-state index in [4.69, 9.17) is 4.74 Å². The van der Waals surface area contributed by atoms with Crippen molar-refractivity contribution in [3.63, 3.8) is 0 Å². The van der Waals surface area contributed by atoms with Crippen LogP contribution in [0.5, 0.6) is 0 Å². The van der Waals surface area contributed by atoms with E-state index in [9.17, 15) is 24.3 Å². The van der Waals surface area contributed by atoms with Gasteiger partial charge in [0.05, 0.1) is 6.54 Å². The average molecular weight is 460 g/mol. The summed E-state index contributed by atoms with van der Waals surface area (Å²) in [4.78, 5) is 46.8. The van der Waals surface area contributed by atoms with Crippen molar-refractivity contribution in [2.45, 2.75) is 18.4 Å². The lowest BCUT2D eigenvalue weighted by Crippen LogP contribution is -2.48. The van der Waals surface area contributed by atoms with E-state index in [0.717, 1.165) is 11.1 Å². The molecular formula is C22H25N3O6S. The lowest BCUT2D eigenvalue weighted by molar-refractivity contribution is -0.141. The first kappa shape index (κ1) is 24.7. The number of hydrogen-bond acceptors (Lipinski definition) is 6. The Morgan fingerprint density at radius 2 is 1.44 bits per heavy atom. The second-order valence-electron chi connectivity index (χ2n) is 6.65. The molecule has 32 heavy (non-hydrogen) atoms. The lowest BCUT2D eigenvalue weighted by atomic mass is 10.2. The van der Waals surface area contributed by atoms with Crippen LogP contribution in [0.2, 0.25) is 0 Å². The second-order valence-corrected chi connectivity index (χ2v) is 7.68. The van der Waals surface area contributed by atoms with Gasteiger partial charge >= 0.3 is 12.1 Å². The van der Waals surface area contributed by atoms with Gasteiger partial charge < -0.3 is 25.8 Å². The molecule has 0 radical (unpaired) electrons. The number of carboxylic acids is 1. The molecule has 3 amide bonds. The zero-order valence-electron chi connectivity index (χ0n) is 17.3. The van der Waals surface area contributed by atoms with Crippen LogP contribution in [0.1, 0.15) is 11.1 Å². The Bertz CT molecular complexity index is 895. The van der Waals surface area contributed by atoms with Gasteiger partial charge in [0.1, 0.15) is 19.2 Å². The molecule has 0 aliphatic rings. The molecular weight excluding hydrogens is 434 g/mol. The van der Waals surface area contributed by atoms with Crippen LogP contribution >= 0.6 is 11.8 Å². The maximum absolute atomic E-state index is 12.0. The van der Waals surface area contributed by atoms with E-state index < -0.39 is 36.5 Å². The first-order chi connectivity index (χ1) is 15.4. The number of benzene rings is 2. The smallest absolute Gasteiger partial charge is 0.407 e. The van der Waals surface area contributed by atoms with E-state index in [2.05, 4.69) is 16.0 Å². The molecule has 0 fully saturated rings. The van der Waals surface area contributed by atoms with E-state index in [1.807, 2.05) is 48.5 Å². The van der Waals surface area contributed by atoms with E-state index in [-0.39, 0.29) is 18.9 Å². The molecule has 2 aromatic rings. The summed E-state index contributed by atoms with van der Waals surface area (Å²) < 4.78 is 4.98. The molecule has 170 valence electrons. The van der Waals surface area contributed by atoms with E-state index in [0.29, 0.717) is 5.75 Å². The Morgan fingerprint density at radius 3 is 2.06 bits per heavy atom. The van der Waals surface area contributed by atoms with Crippen molar-refractivity contribution in [1.82, 2.24) is 16.0 Å². The summed E-state index contributed by atoms with van der Waals surface area (Å²) in [5.41, 5.74) is 1.86. The number of ether oxygens (including phenoxy) is 1. The molecule has 9 nitrogen and oxygen atoms in total. The second kappa shape index (κ2) is 13.7. The largest absolute Gasteiger partial charge is 0.480 e. The minimum absolute atomic E-state index is 0.0650. The molecule has 0 aromatic heterocycles. The Kier molecular flexibility index (Phi) is 10.6. The molecule has 4 N–H and O–H groups in total. The van der Waals surface area contributed by atoms with E-state index in [1.165, 1.54) is 11.8 Å². The lowest BCUT2D eigenvalue weighted by Gasteiger charge is -2.14. The van der Waals surface area contributed by atoms with Crippen LogP contribution in [0.4, 0.5) is 4.79 Å². The number of amides is 3. The highest BCUT2D eigenvalue weighted by atomic mass is 32.2. The molecule has 0 bridgehead atoms. The summed E-state index contributed by atoms with van der Waals surface area (Å²) >= 11 is 1.38. The first-order valence-corrected chi connectivity index (χ1v) is 10.9. The maximum atomic E-state index is 12.0. The molecule has 1 atom stereocenters. The van der Waals surface area contributed by atoms with Gasteiger partial charge in [-0.05, 0) is 11.1 Å².